The standard InChI is InChI=1S/C34H36N4O3S/c1-23-11-9-10-14-27(23)21-40-28-19-17-26(18-20-28)31-30(32(39)41-29-15-7-4-8-16-29)24(2)35-33-36-34(37-38(31)33)42-22-25-12-5-3-6-13-25/h3,5-6,9-14,17-20,29,31H,4,7-8,15-16,21-22H2,1-2H3,(H,35,36,37). The maximum absolute atomic E-state index is 13.7. The molecular weight excluding hydrogens is 544 g/mol. The van der Waals surface area contributed by atoms with E-state index >= 15 is 0 Å². The fourth-order valence-electron chi connectivity index (χ4n) is 5.56. The molecule has 0 amide bonds. The van der Waals surface area contributed by atoms with Crippen molar-refractivity contribution in [3.05, 3.63) is 112 Å². The predicted molar refractivity (Wildman–Crippen MR) is 165 cm³/mol. The molecule has 0 spiro atoms. The monoisotopic (exact) mass is 580 g/mol. The van der Waals surface area contributed by atoms with Crippen LogP contribution in [0.2, 0.25) is 0 Å². The first-order valence-electron chi connectivity index (χ1n) is 14.6. The molecule has 1 saturated carbocycles. The minimum Gasteiger partial charge on any atom is -0.489 e. The summed E-state index contributed by atoms with van der Waals surface area (Å²) in [4.78, 5) is 18.5. The highest BCUT2D eigenvalue weighted by Gasteiger charge is 2.36. The molecule has 2 heterocycles. The van der Waals surface area contributed by atoms with Gasteiger partial charge in [0.2, 0.25) is 11.1 Å². The van der Waals surface area contributed by atoms with Crippen LogP contribution in [0.15, 0.2) is 95.3 Å². The molecule has 4 aromatic rings. The summed E-state index contributed by atoms with van der Waals surface area (Å²) in [6.45, 7) is 4.50. The molecule has 1 fully saturated rings. The highest BCUT2D eigenvalue weighted by Crippen LogP contribution is 2.38. The third-order valence-corrected chi connectivity index (χ3v) is 8.85. The Labute approximate surface area is 251 Å². The third-order valence-electron chi connectivity index (χ3n) is 7.94. The van der Waals surface area contributed by atoms with E-state index in [1.54, 1.807) is 11.8 Å². The normalized spacial score (nSPS) is 17.0. The Balaban J connectivity index is 1.27. The molecule has 6 rings (SSSR count). The summed E-state index contributed by atoms with van der Waals surface area (Å²) < 4.78 is 14.0. The van der Waals surface area contributed by atoms with Crippen LogP contribution in [-0.2, 0) is 21.9 Å². The molecule has 0 bridgehead atoms. The highest BCUT2D eigenvalue weighted by molar-refractivity contribution is 7.98. The molecule has 1 aliphatic heterocycles. The maximum Gasteiger partial charge on any atom is 0.338 e. The lowest BCUT2D eigenvalue weighted by Crippen LogP contribution is -2.32. The van der Waals surface area contributed by atoms with E-state index < -0.39 is 6.04 Å². The number of fused-ring (bicyclic) bond motifs is 1. The number of hydrogen-bond donors (Lipinski definition) is 1. The molecule has 1 aromatic heterocycles. The zero-order chi connectivity index (χ0) is 28.9. The number of hydrogen-bond acceptors (Lipinski definition) is 7. The maximum atomic E-state index is 13.7. The minimum absolute atomic E-state index is 0.0430. The van der Waals surface area contributed by atoms with Gasteiger partial charge in [0.15, 0.2) is 0 Å². The molecule has 1 unspecified atom stereocenters. The van der Waals surface area contributed by atoms with E-state index in [0.717, 1.165) is 54.0 Å². The van der Waals surface area contributed by atoms with Crippen molar-refractivity contribution in [2.45, 2.75) is 75.6 Å². The zero-order valence-electron chi connectivity index (χ0n) is 24.1. The number of esters is 1. The van der Waals surface area contributed by atoms with Crippen molar-refractivity contribution in [1.29, 1.82) is 0 Å². The molecule has 7 nitrogen and oxygen atoms in total. The predicted octanol–water partition coefficient (Wildman–Crippen LogP) is 7.62. The number of carbonyl (C=O) groups excluding carboxylic acids is 1. The Kier molecular flexibility index (Phi) is 8.60. The van der Waals surface area contributed by atoms with Crippen molar-refractivity contribution in [2.75, 3.05) is 5.32 Å². The second-order valence-electron chi connectivity index (χ2n) is 11.0. The van der Waals surface area contributed by atoms with Gasteiger partial charge in [-0.3, -0.25) is 0 Å². The average molecular weight is 581 g/mol. The van der Waals surface area contributed by atoms with Gasteiger partial charge in [0, 0.05) is 11.4 Å². The van der Waals surface area contributed by atoms with Crippen molar-refractivity contribution >= 4 is 23.7 Å². The molecule has 8 heteroatoms. The second-order valence-corrected chi connectivity index (χ2v) is 11.9. The number of rotatable bonds is 9. The molecular formula is C34H36N4O3S. The zero-order valence-corrected chi connectivity index (χ0v) is 24.9. The van der Waals surface area contributed by atoms with Crippen LogP contribution in [-0.4, -0.2) is 26.8 Å². The van der Waals surface area contributed by atoms with Gasteiger partial charge < -0.3 is 14.8 Å². The summed E-state index contributed by atoms with van der Waals surface area (Å²) in [7, 11) is 0. The topological polar surface area (TPSA) is 78.3 Å². The van der Waals surface area contributed by atoms with Gasteiger partial charge in [0.1, 0.15) is 24.5 Å². The lowest BCUT2D eigenvalue weighted by molar-refractivity contribution is -0.146. The summed E-state index contributed by atoms with van der Waals surface area (Å²) >= 11 is 1.57. The lowest BCUT2D eigenvalue weighted by atomic mass is 9.95. The number of nitrogens with zero attached hydrogens (tertiary/aromatic N) is 3. The number of allylic oxidation sites excluding steroid dienone is 1. The number of carbonyl (C=O) groups is 1. The van der Waals surface area contributed by atoms with Crippen LogP contribution in [0.1, 0.15) is 67.3 Å². The van der Waals surface area contributed by atoms with Crippen LogP contribution < -0.4 is 10.1 Å². The average Bonchev–Trinajstić information content (AvgIpc) is 3.42. The van der Waals surface area contributed by atoms with Gasteiger partial charge in [-0.05, 0) is 73.9 Å². The van der Waals surface area contributed by atoms with Crippen LogP contribution in [0.25, 0.3) is 0 Å². The molecule has 216 valence electrons. The molecule has 2 aliphatic rings. The Hall–Kier alpha value is -4.04. The number of ether oxygens (including phenoxy) is 2. The Bertz CT molecular complexity index is 1560. The van der Waals surface area contributed by atoms with Gasteiger partial charge >= 0.3 is 5.97 Å². The van der Waals surface area contributed by atoms with Gasteiger partial charge in [-0.15, -0.1) is 5.10 Å². The largest absolute Gasteiger partial charge is 0.489 e. The van der Waals surface area contributed by atoms with Crippen LogP contribution in [0.5, 0.6) is 5.75 Å². The van der Waals surface area contributed by atoms with Crippen molar-refractivity contribution < 1.29 is 14.3 Å². The fraction of sp³-hybridized carbons (Fsp3) is 0.324. The molecule has 3 aromatic carbocycles. The van der Waals surface area contributed by atoms with E-state index in [2.05, 4.69) is 36.5 Å². The van der Waals surface area contributed by atoms with E-state index in [0.29, 0.717) is 23.3 Å². The van der Waals surface area contributed by atoms with Gasteiger partial charge in [-0.25, -0.2) is 9.48 Å². The molecule has 42 heavy (non-hydrogen) atoms. The summed E-state index contributed by atoms with van der Waals surface area (Å²) in [5.41, 5.74) is 5.77. The molecule has 1 atom stereocenters. The fourth-order valence-corrected chi connectivity index (χ4v) is 6.35. The van der Waals surface area contributed by atoms with E-state index in [9.17, 15) is 4.79 Å². The van der Waals surface area contributed by atoms with Gasteiger partial charge in [-0.2, -0.15) is 4.98 Å². The lowest BCUT2D eigenvalue weighted by Gasteiger charge is -2.30. The number of aryl methyl sites for hydroxylation is 1. The van der Waals surface area contributed by atoms with E-state index in [4.69, 9.17) is 19.6 Å². The van der Waals surface area contributed by atoms with E-state index in [1.165, 1.54) is 17.5 Å². The third kappa shape index (κ3) is 6.39. The van der Waals surface area contributed by atoms with Crippen molar-refractivity contribution in [1.82, 2.24) is 14.8 Å². The number of thioether (sulfide) groups is 1. The molecule has 0 radical (unpaired) electrons. The Morgan fingerprint density at radius 2 is 1.69 bits per heavy atom. The first kappa shape index (κ1) is 28.1. The second kappa shape index (κ2) is 12.9. The van der Waals surface area contributed by atoms with Crippen molar-refractivity contribution in [3.8, 4) is 5.75 Å². The summed E-state index contributed by atoms with van der Waals surface area (Å²) in [6, 6.07) is 25.9. The molecule has 1 aliphatic carbocycles. The first-order chi connectivity index (χ1) is 20.5. The highest BCUT2D eigenvalue weighted by atomic mass is 32.2. The van der Waals surface area contributed by atoms with Crippen molar-refractivity contribution in [3.63, 3.8) is 0 Å². The summed E-state index contributed by atoms with van der Waals surface area (Å²) in [5, 5.41) is 8.86. The summed E-state index contributed by atoms with van der Waals surface area (Å²) in [5.74, 6) is 1.84. The van der Waals surface area contributed by atoms with E-state index in [-0.39, 0.29) is 12.1 Å². The Morgan fingerprint density at radius 1 is 0.952 bits per heavy atom. The van der Waals surface area contributed by atoms with E-state index in [1.807, 2.05) is 66.2 Å². The van der Waals surface area contributed by atoms with Gasteiger partial charge in [0.05, 0.1) is 5.57 Å². The number of anilines is 1. The summed E-state index contributed by atoms with van der Waals surface area (Å²) in [6.07, 6.45) is 5.17. The molecule has 1 N–H and O–H groups in total. The SMILES string of the molecule is CC1=C(C(=O)OC2CCCCC2)C(c2ccc(OCc3ccccc3C)cc2)n2nc(SCc3ccccc3)nc2N1. The van der Waals surface area contributed by atoms with Crippen LogP contribution in [0.3, 0.4) is 0 Å². The van der Waals surface area contributed by atoms with Crippen LogP contribution in [0.4, 0.5) is 5.95 Å². The van der Waals surface area contributed by atoms with Crippen molar-refractivity contribution in [2.24, 2.45) is 0 Å². The van der Waals surface area contributed by atoms with Gasteiger partial charge in [0.25, 0.3) is 0 Å². The van der Waals surface area contributed by atoms with Gasteiger partial charge in [-0.1, -0.05) is 84.9 Å². The first-order valence-corrected chi connectivity index (χ1v) is 15.6. The molecule has 0 saturated heterocycles. The number of nitrogens with one attached hydrogen (secondary N) is 1. The van der Waals surface area contributed by atoms with Crippen LogP contribution >= 0.6 is 11.8 Å². The number of benzene rings is 3. The number of aromatic nitrogens is 3. The minimum atomic E-state index is -0.471. The quantitative estimate of drug-likeness (QED) is 0.161. The Morgan fingerprint density at radius 3 is 2.45 bits per heavy atom. The van der Waals surface area contributed by atoms with Crippen LogP contribution in [0, 0.1) is 6.92 Å². The smallest absolute Gasteiger partial charge is 0.338 e.